The van der Waals surface area contributed by atoms with Gasteiger partial charge in [0.2, 0.25) is 0 Å². The van der Waals surface area contributed by atoms with E-state index in [2.05, 4.69) is 4.90 Å². The monoisotopic (exact) mass is 494 g/mol. The zero-order valence-corrected chi connectivity index (χ0v) is 20.9. The van der Waals surface area contributed by atoms with Crippen molar-refractivity contribution in [2.75, 3.05) is 53.1 Å². The van der Waals surface area contributed by atoms with Crippen LogP contribution in [0.3, 0.4) is 0 Å². The highest BCUT2D eigenvalue weighted by molar-refractivity contribution is 6.46. The molecule has 0 aromatic heterocycles. The number of ketones is 1. The van der Waals surface area contributed by atoms with Crippen LogP contribution in [0.1, 0.15) is 36.9 Å². The molecule has 8 heteroatoms. The Hall–Kier alpha value is -3.36. The van der Waals surface area contributed by atoms with Crippen LogP contribution in [-0.2, 0) is 14.3 Å². The van der Waals surface area contributed by atoms with Crippen LogP contribution >= 0.6 is 0 Å². The minimum Gasteiger partial charge on any atom is -0.507 e. The van der Waals surface area contributed by atoms with Crippen molar-refractivity contribution in [1.29, 1.82) is 0 Å². The quantitative estimate of drug-likeness (QED) is 0.307. The molecule has 0 aliphatic carbocycles. The van der Waals surface area contributed by atoms with Gasteiger partial charge in [0, 0.05) is 37.3 Å². The summed E-state index contributed by atoms with van der Waals surface area (Å²) < 4.78 is 16.6. The molecule has 4 rings (SSSR count). The van der Waals surface area contributed by atoms with Gasteiger partial charge in [-0.2, -0.15) is 0 Å². The molecular formula is C28H34N2O6. The lowest BCUT2D eigenvalue weighted by molar-refractivity contribution is -0.140. The second kappa shape index (κ2) is 12.1. The molecule has 2 aliphatic rings. The zero-order chi connectivity index (χ0) is 25.5. The van der Waals surface area contributed by atoms with Gasteiger partial charge in [0.1, 0.15) is 17.3 Å². The standard InChI is InChI=1S/C28H34N2O6/c1-3-17-36-21-11-9-20(10-12-21)26(31)24-25(22-7-4-5-8-23(22)34-2)30(28(33)27(24)32)14-6-13-29-15-18-35-19-16-29/h4-5,7-12,25,31H,3,6,13-19H2,1-2H3/b26-24+. The summed E-state index contributed by atoms with van der Waals surface area (Å²) in [6, 6.07) is 13.5. The number of hydrogen-bond acceptors (Lipinski definition) is 7. The lowest BCUT2D eigenvalue weighted by Gasteiger charge is -2.29. The predicted octanol–water partition coefficient (Wildman–Crippen LogP) is 3.63. The van der Waals surface area contributed by atoms with Crippen molar-refractivity contribution in [1.82, 2.24) is 9.80 Å². The van der Waals surface area contributed by atoms with Crippen LogP contribution in [0.2, 0.25) is 0 Å². The number of likely N-dealkylation sites (tertiary alicyclic amines) is 1. The van der Waals surface area contributed by atoms with Gasteiger partial charge in [-0.05, 0) is 43.2 Å². The molecule has 2 aromatic rings. The number of ether oxygens (including phenoxy) is 3. The molecule has 1 amide bonds. The van der Waals surface area contributed by atoms with Crippen LogP contribution in [-0.4, -0.2) is 79.7 Å². The second-order valence-electron chi connectivity index (χ2n) is 8.91. The van der Waals surface area contributed by atoms with Crippen LogP contribution in [0.15, 0.2) is 54.1 Å². The van der Waals surface area contributed by atoms with E-state index in [0.717, 1.165) is 26.1 Å². The van der Waals surface area contributed by atoms with E-state index in [1.165, 1.54) is 0 Å². The minimum absolute atomic E-state index is 0.0677. The first kappa shape index (κ1) is 25.7. The number of rotatable bonds is 10. The maximum atomic E-state index is 13.3. The third-order valence-electron chi connectivity index (χ3n) is 6.55. The first-order valence-corrected chi connectivity index (χ1v) is 12.5. The van der Waals surface area contributed by atoms with E-state index in [1.54, 1.807) is 42.3 Å². The average Bonchev–Trinajstić information content (AvgIpc) is 3.17. The first-order chi connectivity index (χ1) is 17.5. The van der Waals surface area contributed by atoms with Crippen LogP contribution < -0.4 is 9.47 Å². The molecule has 0 radical (unpaired) electrons. The molecule has 36 heavy (non-hydrogen) atoms. The van der Waals surface area contributed by atoms with E-state index in [4.69, 9.17) is 14.2 Å². The van der Waals surface area contributed by atoms with Gasteiger partial charge >= 0.3 is 0 Å². The summed E-state index contributed by atoms with van der Waals surface area (Å²) in [5.74, 6) is -0.282. The zero-order valence-electron chi connectivity index (χ0n) is 20.9. The second-order valence-corrected chi connectivity index (χ2v) is 8.91. The van der Waals surface area contributed by atoms with Crippen LogP contribution in [0.25, 0.3) is 5.76 Å². The molecular weight excluding hydrogens is 460 g/mol. The number of nitrogens with zero attached hydrogens (tertiary/aromatic N) is 2. The Morgan fingerprint density at radius 3 is 2.47 bits per heavy atom. The highest BCUT2D eigenvalue weighted by atomic mass is 16.5. The van der Waals surface area contributed by atoms with E-state index in [-0.39, 0.29) is 11.3 Å². The topological polar surface area (TPSA) is 88.5 Å². The number of methoxy groups -OCH3 is 1. The van der Waals surface area contributed by atoms with Crippen LogP contribution in [0.4, 0.5) is 0 Å². The number of benzene rings is 2. The van der Waals surface area contributed by atoms with E-state index < -0.39 is 17.7 Å². The van der Waals surface area contributed by atoms with E-state index >= 15 is 0 Å². The maximum Gasteiger partial charge on any atom is 0.295 e. The fraction of sp³-hybridized carbons (Fsp3) is 0.429. The number of aliphatic hydroxyl groups is 1. The highest BCUT2D eigenvalue weighted by Crippen LogP contribution is 2.42. The predicted molar refractivity (Wildman–Crippen MR) is 136 cm³/mol. The Labute approximate surface area is 212 Å². The van der Waals surface area contributed by atoms with Crippen molar-refractivity contribution >= 4 is 17.4 Å². The van der Waals surface area contributed by atoms with Gasteiger partial charge in [0.05, 0.1) is 38.5 Å². The third-order valence-corrected chi connectivity index (χ3v) is 6.55. The van der Waals surface area contributed by atoms with Crippen molar-refractivity contribution in [3.05, 3.63) is 65.2 Å². The summed E-state index contributed by atoms with van der Waals surface area (Å²) in [6.45, 7) is 6.91. The van der Waals surface area contributed by atoms with Gasteiger partial charge in [0.25, 0.3) is 11.7 Å². The van der Waals surface area contributed by atoms with E-state index in [1.807, 2.05) is 25.1 Å². The van der Waals surface area contributed by atoms with Gasteiger partial charge in [-0.3, -0.25) is 14.5 Å². The summed E-state index contributed by atoms with van der Waals surface area (Å²) in [6.07, 6.45) is 1.58. The Kier molecular flexibility index (Phi) is 8.61. The van der Waals surface area contributed by atoms with Crippen molar-refractivity contribution in [2.45, 2.75) is 25.8 Å². The van der Waals surface area contributed by atoms with Gasteiger partial charge in [-0.15, -0.1) is 0 Å². The van der Waals surface area contributed by atoms with Gasteiger partial charge in [-0.1, -0.05) is 25.1 Å². The van der Waals surface area contributed by atoms with Crippen LogP contribution in [0, 0.1) is 0 Å². The number of aliphatic hydroxyl groups excluding tert-OH is 1. The number of morpholine rings is 1. The van der Waals surface area contributed by atoms with Crippen molar-refractivity contribution in [2.24, 2.45) is 0 Å². The van der Waals surface area contributed by atoms with Crippen molar-refractivity contribution in [3.63, 3.8) is 0 Å². The fourth-order valence-electron chi connectivity index (χ4n) is 4.70. The molecule has 192 valence electrons. The Balaban J connectivity index is 1.67. The molecule has 1 atom stereocenters. The Morgan fingerprint density at radius 1 is 1.06 bits per heavy atom. The number of para-hydroxylation sites is 1. The average molecular weight is 495 g/mol. The van der Waals surface area contributed by atoms with Gasteiger partial charge in [0.15, 0.2) is 0 Å². The largest absolute Gasteiger partial charge is 0.507 e. The molecule has 0 spiro atoms. The third kappa shape index (κ3) is 5.55. The summed E-state index contributed by atoms with van der Waals surface area (Å²) >= 11 is 0. The summed E-state index contributed by atoms with van der Waals surface area (Å²) in [7, 11) is 1.55. The molecule has 1 N–H and O–H groups in total. The molecule has 1 unspecified atom stereocenters. The molecule has 0 bridgehead atoms. The smallest absolute Gasteiger partial charge is 0.295 e. The molecule has 8 nitrogen and oxygen atoms in total. The molecule has 2 aliphatic heterocycles. The molecule has 2 aromatic carbocycles. The van der Waals surface area contributed by atoms with Gasteiger partial charge in [-0.25, -0.2) is 0 Å². The molecule has 2 fully saturated rings. The van der Waals surface area contributed by atoms with Crippen molar-refractivity contribution < 1.29 is 28.9 Å². The minimum atomic E-state index is -0.748. The SMILES string of the molecule is CCCOc1ccc(/C(O)=C2\C(=O)C(=O)N(CCCN3CCOCC3)C2c2ccccc2OC)cc1. The lowest BCUT2D eigenvalue weighted by Crippen LogP contribution is -2.39. The van der Waals surface area contributed by atoms with Crippen LogP contribution in [0.5, 0.6) is 11.5 Å². The Morgan fingerprint density at radius 2 is 1.78 bits per heavy atom. The molecule has 2 heterocycles. The first-order valence-electron chi connectivity index (χ1n) is 12.5. The number of hydrogen-bond donors (Lipinski definition) is 1. The summed E-state index contributed by atoms with van der Waals surface area (Å²) in [5, 5.41) is 11.3. The molecule has 0 saturated carbocycles. The summed E-state index contributed by atoms with van der Waals surface area (Å²) in [5.41, 5.74) is 1.18. The van der Waals surface area contributed by atoms with E-state index in [9.17, 15) is 14.7 Å². The molecule has 2 saturated heterocycles. The fourth-order valence-corrected chi connectivity index (χ4v) is 4.70. The number of carbonyl (C=O) groups is 2. The normalized spacial score (nSPS) is 20.1. The van der Waals surface area contributed by atoms with Gasteiger partial charge < -0.3 is 24.2 Å². The summed E-state index contributed by atoms with van der Waals surface area (Å²) in [4.78, 5) is 30.4. The van der Waals surface area contributed by atoms with Crippen molar-refractivity contribution in [3.8, 4) is 11.5 Å². The number of carbonyl (C=O) groups excluding carboxylic acids is 2. The highest BCUT2D eigenvalue weighted by Gasteiger charge is 2.46. The maximum absolute atomic E-state index is 13.3. The van der Waals surface area contributed by atoms with E-state index in [0.29, 0.717) is 55.4 Å². The number of amides is 1. The lowest BCUT2D eigenvalue weighted by atomic mass is 9.94. The number of Topliss-reactive ketones (excluding diaryl/α,β-unsaturated/α-hetero) is 1. The Bertz CT molecular complexity index is 1090.